The van der Waals surface area contributed by atoms with Crippen LogP contribution in [0.5, 0.6) is 0 Å². The molecule has 0 saturated heterocycles. The van der Waals surface area contributed by atoms with E-state index in [0.29, 0.717) is 18.5 Å². The molecule has 0 unspecified atom stereocenters. The van der Waals surface area contributed by atoms with Gasteiger partial charge in [-0.2, -0.15) is 0 Å². The highest BCUT2D eigenvalue weighted by atomic mass is 19.1. The molecule has 0 saturated carbocycles. The van der Waals surface area contributed by atoms with Crippen LogP contribution in [0, 0.1) is 5.92 Å². The summed E-state index contributed by atoms with van der Waals surface area (Å²) >= 11 is 0. The number of alkyl carbamates (subject to hydrolysis) is 1. The number of carboxylic acid groups (broad SMARTS) is 2. The summed E-state index contributed by atoms with van der Waals surface area (Å²) < 4.78 is 17.2. The van der Waals surface area contributed by atoms with Crippen molar-refractivity contribution < 1.29 is 33.7 Å². The van der Waals surface area contributed by atoms with E-state index in [4.69, 9.17) is 4.74 Å². The van der Waals surface area contributed by atoms with Gasteiger partial charge in [0.05, 0.1) is 12.6 Å². The normalized spacial score (nSPS) is 13.2. The topological polar surface area (TPSA) is 125 Å². The predicted molar refractivity (Wildman–Crippen MR) is 106 cm³/mol. The van der Waals surface area contributed by atoms with Gasteiger partial charge in [-0.05, 0) is 57.7 Å². The Kier molecular flexibility index (Phi) is 9.37. The molecule has 29 heavy (non-hydrogen) atoms. The molecular weight excluding hydrogens is 383 g/mol. The molecule has 0 aliphatic carbocycles. The number of nitrogens with one attached hydrogen (secondary N) is 2. The summed E-state index contributed by atoms with van der Waals surface area (Å²) in [6.45, 7) is 4.99. The van der Waals surface area contributed by atoms with E-state index in [9.17, 15) is 29.0 Å². The van der Waals surface area contributed by atoms with Gasteiger partial charge >= 0.3 is 18.0 Å². The van der Waals surface area contributed by atoms with Gasteiger partial charge in [0.2, 0.25) is 0 Å². The number of amides is 1. The van der Waals surface area contributed by atoms with E-state index in [2.05, 4.69) is 10.6 Å². The van der Waals surface area contributed by atoms with Gasteiger partial charge in [0.1, 0.15) is 11.6 Å². The largest absolute Gasteiger partial charge is 0.481 e. The van der Waals surface area contributed by atoms with E-state index in [1.165, 1.54) is 0 Å². The first kappa shape index (κ1) is 24.2. The summed E-state index contributed by atoms with van der Waals surface area (Å²) in [6, 6.07) is 5.56. The molecule has 0 aromatic heterocycles. The van der Waals surface area contributed by atoms with Gasteiger partial charge < -0.3 is 25.6 Å². The number of carbonyl (C=O) groups excluding carboxylic acids is 1. The zero-order valence-corrected chi connectivity index (χ0v) is 16.9. The first-order chi connectivity index (χ1) is 13.5. The van der Waals surface area contributed by atoms with Crippen LogP contribution in [-0.4, -0.2) is 53.1 Å². The van der Waals surface area contributed by atoms with Crippen molar-refractivity contribution in [1.82, 2.24) is 5.32 Å². The predicted octanol–water partition coefficient (Wildman–Crippen LogP) is 3.07. The Bertz CT molecular complexity index is 687. The van der Waals surface area contributed by atoms with Crippen LogP contribution in [-0.2, 0) is 20.7 Å². The standard InChI is InChI=1S/C20H29FN2O6/c1-20(2,3)29-19(28)23-16(18(26)27)12-14(17(24)25)11-13-5-7-15(8-6-13)22-10-4-9-21/h5-8,14,16,22H,4,9-12H2,1-3H3,(H,23,28)(H,24,25)(H,26,27)/t14-,16+/m0/s1. The second kappa shape index (κ2) is 11.2. The highest BCUT2D eigenvalue weighted by molar-refractivity contribution is 5.81. The summed E-state index contributed by atoms with van der Waals surface area (Å²) in [6.07, 6.45) is -0.720. The SMILES string of the molecule is CC(C)(C)OC(=O)N[C@H](C[C@H](Cc1ccc(NCCCF)cc1)C(=O)O)C(=O)O. The number of hydrogen-bond acceptors (Lipinski definition) is 5. The molecule has 0 fully saturated rings. The summed E-state index contributed by atoms with van der Waals surface area (Å²) in [7, 11) is 0. The van der Waals surface area contributed by atoms with Gasteiger partial charge in [0.15, 0.2) is 0 Å². The van der Waals surface area contributed by atoms with E-state index in [-0.39, 0.29) is 12.8 Å². The van der Waals surface area contributed by atoms with Crippen LogP contribution in [0.15, 0.2) is 24.3 Å². The average Bonchev–Trinajstić information content (AvgIpc) is 2.60. The molecule has 8 nitrogen and oxygen atoms in total. The minimum atomic E-state index is -1.40. The van der Waals surface area contributed by atoms with Crippen molar-refractivity contribution in [3.63, 3.8) is 0 Å². The first-order valence-electron chi connectivity index (χ1n) is 9.35. The number of halogens is 1. The third kappa shape index (κ3) is 9.77. The van der Waals surface area contributed by atoms with Crippen molar-refractivity contribution in [3.8, 4) is 0 Å². The van der Waals surface area contributed by atoms with Gasteiger partial charge in [-0.25, -0.2) is 9.59 Å². The average molecular weight is 412 g/mol. The molecule has 1 amide bonds. The first-order valence-corrected chi connectivity index (χ1v) is 9.35. The number of rotatable bonds is 11. The smallest absolute Gasteiger partial charge is 0.408 e. The van der Waals surface area contributed by atoms with E-state index in [1.807, 2.05) is 0 Å². The molecule has 0 radical (unpaired) electrons. The van der Waals surface area contributed by atoms with Crippen molar-refractivity contribution in [2.45, 2.75) is 51.7 Å². The van der Waals surface area contributed by atoms with E-state index >= 15 is 0 Å². The molecule has 4 N–H and O–H groups in total. The molecular formula is C20H29FN2O6. The number of aliphatic carboxylic acids is 2. The van der Waals surface area contributed by atoms with Gasteiger partial charge in [-0.15, -0.1) is 0 Å². The fourth-order valence-electron chi connectivity index (χ4n) is 2.57. The van der Waals surface area contributed by atoms with Crippen LogP contribution in [0.25, 0.3) is 0 Å². The maximum Gasteiger partial charge on any atom is 0.408 e. The molecule has 1 rings (SSSR count). The maximum atomic E-state index is 12.1. The quantitative estimate of drug-likeness (QED) is 0.412. The third-order valence-electron chi connectivity index (χ3n) is 3.93. The third-order valence-corrected chi connectivity index (χ3v) is 3.93. The Labute approximate surface area is 169 Å². The van der Waals surface area contributed by atoms with Crippen molar-refractivity contribution in [2.24, 2.45) is 5.92 Å². The van der Waals surface area contributed by atoms with Crippen molar-refractivity contribution in [3.05, 3.63) is 29.8 Å². The molecule has 1 aromatic rings. The minimum absolute atomic E-state index is 0.0971. The van der Waals surface area contributed by atoms with Crippen LogP contribution < -0.4 is 10.6 Å². The van der Waals surface area contributed by atoms with Gasteiger partial charge in [-0.3, -0.25) is 9.18 Å². The fourth-order valence-corrected chi connectivity index (χ4v) is 2.57. The number of anilines is 1. The molecule has 2 atom stereocenters. The van der Waals surface area contributed by atoms with Gasteiger partial charge in [0, 0.05) is 12.2 Å². The van der Waals surface area contributed by atoms with Crippen LogP contribution in [0.4, 0.5) is 14.9 Å². The van der Waals surface area contributed by atoms with Crippen LogP contribution >= 0.6 is 0 Å². The minimum Gasteiger partial charge on any atom is -0.481 e. The molecule has 0 spiro atoms. The fraction of sp³-hybridized carbons (Fsp3) is 0.550. The Hall–Kier alpha value is -2.84. The number of carboxylic acids is 2. The van der Waals surface area contributed by atoms with E-state index < -0.39 is 42.3 Å². The monoisotopic (exact) mass is 412 g/mol. The molecule has 1 aromatic carbocycles. The van der Waals surface area contributed by atoms with Gasteiger partial charge in [-0.1, -0.05) is 12.1 Å². The summed E-state index contributed by atoms with van der Waals surface area (Å²) in [4.78, 5) is 35.0. The summed E-state index contributed by atoms with van der Waals surface area (Å²) in [5, 5.41) is 24.1. The van der Waals surface area contributed by atoms with E-state index in [0.717, 1.165) is 5.69 Å². The molecule has 0 aliphatic heterocycles. The number of benzene rings is 1. The molecule has 9 heteroatoms. The zero-order chi connectivity index (χ0) is 22.0. The Morgan fingerprint density at radius 2 is 1.72 bits per heavy atom. The Morgan fingerprint density at radius 1 is 1.10 bits per heavy atom. The number of hydrogen-bond donors (Lipinski definition) is 4. The number of alkyl halides is 1. The molecule has 0 bridgehead atoms. The Morgan fingerprint density at radius 3 is 2.21 bits per heavy atom. The van der Waals surface area contributed by atoms with Crippen LogP contribution in [0.3, 0.4) is 0 Å². The van der Waals surface area contributed by atoms with E-state index in [1.54, 1.807) is 45.0 Å². The lowest BCUT2D eigenvalue weighted by atomic mass is 9.92. The lowest BCUT2D eigenvalue weighted by molar-refractivity contribution is -0.144. The van der Waals surface area contributed by atoms with Crippen LogP contribution in [0.2, 0.25) is 0 Å². The Balaban J connectivity index is 2.76. The highest BCUT2D eigenvalue weighted by Gasteiger charge is 2.30. The molecule has 0 heterocycles. The maximum absolute atomic E-state index is 12.1. The van der Waals surface area contributed by atoms with Crippen molar-refractivity contribution in [2.75, 3.05) is 18.5 Å². The summed E-state index contributed by atoms with van der Waals surface area (Å²) in [5.41, 5.74) is 0.679. The number of carbonyl (C=O) groups is 3. The van der Waals surface area contributed by atoms with Crippen molar-refractivity contribution >= 4 is 23.7 Å². The van der Waals surface area contributed by atoms with Crippen molar-refractivity contribution in [1.29, 1.82) is 0 Å². The second-order valence-electron chi connectivity index (χ2n) is 7.68. The highest BCUT2D eigenvalue weighted by Crippen LogP contribution is 2.18. The molecule has 0 aliphatic rings. The van der Waals surface area contributed by atoms with Gasteiger partial charge in [0.25, 0.3) is 0 Å². The zero-order valence-electron chi connectivity index (χ0n) is 16.9. The molecule has 162 valence electrons. The number of ether oxygens (including phenoxy) is 1. The second-order valence-corrected chi connectivity index (χ2v) is 7.68. The summed E-state index contributed by atoms with van der Waals surface area (Å²) in [5.74, 6) is -3.52. The lowest BCUT2D eigenvalue weighted by Crippen LogP contribution is -2.45. The van der Waals surface area contributed by atoms with Crippen LogP contribution in [0.1, 0.15) is 39.2 Å². The lowest BCUT2D eigenvalue weighted by Gasteiger charge is -2.23.